The molecule has 0 atom stereocenters. The molecule has 5 heteroatoms. The fraction of sp³-hybridized carbons (Fsp3) is 0.125. The zero-order valence-electron chi connectivity index (χ0n) is 11.6. The summed E-state index contributed by atoms with van der Waals surface area (Å²) in [5, 5.41) is 4.50. The van der Waals surface area contributed by atoms with E-state index in [1.807, 2.05) is 24.4 Å². The first-order chi connectivity index (χ1) is 10.0. The molecule has 0 radical (unpaired) electrons. The molecule has 0 spiro atoms. The van der Waals surface area contributed by atoms with Crippen molar-refractivity contribution in [3.05, 3.63) is 60.3 Å². The lowest BCUT2D eigenvalue weighted by atomic mass is 10.2. The molecule has 0 aliphatic heterocycles. The van der Waals surface area contributed by atoms with E-state index in [1.165, 1.54) is 17.2 Å². The number of nitrogens with one attached hydrogen (secondary N) is 2. The fourth-order valence-corrected chi connectivity index (χ4v) is 2.93. The number of para-hydroxylation sites is 1. The van der Waals surface area contributed by atoms with E-state index in [1.54, 1.807) is 24.3 Å². The van der Waals surface area contributed by atoms with Crippen LogP contribution in [0.1, 0.15) is 5.56 Å². The van der Waals surface area contributed by atoms with Gasteiger partial charge >= 0.3 is 0 Å². The van der Waals surface area contributed by atoms with Crippen LogP contribution in [-0.4, -0.2) is 19.7 Å². The summed E-state index contributed by atoms with van der Waals surface area (Å²) in [6.45, 7) is 0.683. The Hall–Kier alpha value is -2.27. The van der Waals surface area contributed by atoms with Gasteiger partial charge in [-0.3, -0.25) is 0 Å². The monoisotopic (exact) mass is 300 g/mol. The molecule has 1 aromatic heterocycles. The molecule has 0 aliphatic carbocycles. The second-order valence-electron chi connectivity index (χ2n) is 5.01. The molecule has 4 nitrogen and oxygen atoms in total. The normalized spacial score (nSPS) is 11.7. The molecule has 2 N–H and O–H groups in total. The number of aromatic nitrogens is 1. The van der Waals surface area contributed by atoms with Gasteiger partial charge in [0, 0.05) is 35.6 Å². The summed E-state index contributed by atoms with van der Waals surface area (Å²) in [4.78, 5) is 3.57. The molecule has 0 aliphatic rings. The molecule has 21 heavy (non-hydrogen) atoms. The summed E-state index contributed by atoms with van der Waals surface area (Å²) in [6, 6.07) is 14.9. The van der Waals surface area contributed by atoms with Gasteiger partial charge in [0.15, 0.2) is 9.84 Å². The van der Waals surface area contributed by atoms with Crippen LogP contribution in [0.4, 0.5) is 5.69 Å². The maximum Gasteiger partial charge on any atom is 0.175 e. The molecule has 108 valence electrons. The second-order valence-corrected chi connectivity index (χ2v) is 7.03. The largest absolute Gasteiger partial charge is 0.381 e. The van der Waals surface area contributed by atoms with Crippen molar-refractivity contribution in [2.75, 3.05) is 11.6 Å². The molecule has 1 heterocycles. The maximum absolute atomic E-state index is 11.4. The number of hydrogen-bond acceptors (Lipinski definition) is 3. The highest BCUT2D eigenvalue weighted by Crippen LogP contribution is 2.20. The van der Waals surface area contributed by atoms with Crippen LogP contribution in [0.3, 0.4) is 0 Å². The molecule has 0 amide bonds. The van der Waals surface area contributed by atoms with E-state index in [0.717, 1.165) is 11.2 Å². The highest BCUT2D eigenvalue weighted by Gasteiger charge is 2.06. The van der Waals surface area contributed by atoms with Gasteiger partial charge in [-0.15, -0.1) is 0 Å². The molecule has 0 saturated carbocycles. The Bertz CT molecular complexity index is 865. The van der Waals surface area contributed by atoms with Crippen molar-refractivity contribution >= 4 is 26.4 Å². The number of anilines is 1. The fourth-order valence-electron chi connectivity index (χ4n) is 2.30. The van der Waals surface area contributed by atoms with Crippen LogP contribution in [-0.2, 0) is 16.4 Å². The highest BCUT2D eigenvalue weighted by molar-refractivity contribution is 7.90. The number of H-pyrrole nitrogens is 1. The SMILES string of the molecule is CS(=O)(=O)c1ccc(NCc2c[nH]c3ccccc23)cc1. The van der Waals surface area contributed by atoms with Gasteiger partial charge in [-0.2, -0.15) is 0 Å². The average Bonchev–Trinajstić information content (AvgIpc) is 2.88. The third-order valence-corrected chi connectivity index (χ3v) is 4.57. The van der Waals surface area contributed by atoms with Crippen molar-refractivity contribution in [2.24, 2.45) is 0 Å². The molecule has 2 aromatic carbocycles. The van der Waals surface area contributed by atoms with E-state index in [4.69, 9.17) is 0 Å². The summed E-state index contributed by atoms with van der Waals surface area (Å²) in [5.74, 6) is 0. The number of hydrogen-bond donors (Lipinski definition) is 2. The first-order valence-corrected chi connectivity index (χ1v) is 8.52. The predicted octanol–water partition coefficient (Wildman–Crippen LogP) is 3.18. The number of rotatable bonds is 4. The second kappa shape index (κ2) is 5.26. The zero-order chi connectivity index (χ0) is 14.9. The first kappa shape index (κ1) is 13.7. The van der Waals surface area contributed by atoms with Gasteiger partial charge in [0.25, 0.3) is 0 Å². The lowest BCUT2D eigenvalue weighted by Gasteiger charge is -2.06. The molecular formula is C16H16N2O2S. The summed E-state index contributed by atoms with van der Waals surface area (Å²) >= 11 is 0. The zero-order valence-corrected chi connectivity index (χ0v) is 12.4. The maximum atomic E-state index is 11.4. The van der Waals surface area contributed by atoms with Crippen LogP contribution in [0.2, 0.25) is 0 Å². The van der Waals surface area contributed by atoms with Crippen molar-refractivity contribution < 1.29 is 8.42 Å². The number of aromatic amines is 1. The quantitative estimate of drug-likeness (QED) is 0.778. The van der Waals surface area contributed by atoms with Crippen molar-refractivity contribution in [3.8, 4) is 0 Å². The molecule has 0 unspecified atom stereocenters. The van der Waals surface area contributed by atoms with E-state index < -0.39 is 9.84 Å². The summed E-state index contributed by atoms with van der Waals surface area (Å²) in [7, 11) is -3.14. The number of benzene rings is 2. The van der Waals surface area contributed by atoms with Crippen LogP contribution >= 0.6 is 0 Å². The minimum atomic E-state index is -3.14. The lowest BCUT2D eigenvalue weighted by Crippen LogP contribution is -2.00. The molecular weight excluding hydrogens is 284 g/mol. The molecule has 0 bridgehead atoms. The van der Waals surface area contributed by atoms with E-state index in [2.05, 4.69) is 16.4 Å². The predicted molar refractivity (Wildman–Crippen MR) is 85.2 cm³/mol. The third-order valence-electron chi connectivity index (χ3n) is 3.44. The molecule has 0 saturated heterocycles. The van der Waals surface area contributed by atoms with Crippen molar-refractivity contribution in [3.63, 3.8) is 0 Å². The lowest BCUT2D eigenvalue weighted by molar-refractivity contribution is 0.602. The first-order valence-electron chi connectivity index (χ1n) is 6.63. The number of sulfone groups is 1. The third kappa shape index (κ3) is 2.92. The Labute approximate surface area is 123 Å². The number of fused-ring (bicyclic) bond motifs is 1. The van der Waals surface area contributed by atoms with Crippen LogP contribution in [0.15, 0.2) is 59.6 Å². The van der Waals surface area contributed by atoms with Crippen LogP contribution in [0.5, 0.6) is 0 Å². The van der Waals surface area contributed by atoms with Crippen molar-refractivity contribution in [1.29, 1.82) is 0 Å². The Morgan fingerprint density at radius 1 is 1.05 bits per heavy atom. The van der Waals surface area contributed by atoms with Crippen LogP contribution < -0.4 is 5.32 Å². The highest BCUT2D eigenvalue weighted by atomic mass is 32.2. The Kier molecular flexibility index (Phi) is 3.43. The summed E-state index contributed by atoms with van der Waals surface area (Å²) < 4.78 is 22.8. The molecule has 3 aromatic rings. The van der Waals surface area contributed by atoms with Gasteiger partial charge in [-0.25, -0.2) is 8.42 Å². The van der Waals surface area contributed by atoms with Gasteiger partial charge in [0.05, 0.1) is 4.90 Å². The van der Waals surface area contributed by atoms with Crippen LogP contribution in [0, 0.1) is 0 Å². The van der Waals surface area contributed by atoms with Gasteiger partial charge in [-0.1, -0.05) is 18.2 Å². The van der Waals surface area contributed by atoms with Gasteiger partial charge in [0.1, 0.15) is 0 Å². The van der Waals surface area contributed by atoms with Gasteiger partial charge in [0.2, 0.25) is 0 Å². The van der Waals surface area contributed by atoms with Crippen LogP contribution in [0.25, 0.3) is 10.9 Å². The smallest absolute Gasteiger partial charge is 0.175 e. The van der Waals surface area contributed by atoms with E-state index in [0.29, 0.717) is 11.4 Å². The Morgan fingerprint density at radius 3 is 2.48 bits per heavy atom. The molecule has 3 rings (SSSR count). The van der Waals surface area contributed by atoms with E-state index >= 15 is 0 Å². The van der Waals surface area contributed by atoms with Crippen molar-refractivity contribution in [2.45, 2.75) is 11.4 Å². The van der Waals surface area contributed by atoms with E-state index in [9.17, 15) is 8.42 Å². The van der Waals surface area contributed by atoms with Gasteiger partial charge < -0.3 is 10.3 Å². The summed E-state index contributed by atoms with van der Waals surface area (Å²) in [5.41, 5.74) is 3.19. The summed E-state index contributed by atoms with van der Waals surface area (Å²) in [6.07, 6.45) is 3.20. The van der Waals surface area contributed by atoms with E-state index in [-0.39, 0.29) is 0 Å². The topological polar surface area (TPSA) is 62.0 Å². The Balaban J connectivity index is 1.76. The Morgan fingerprint density at radius 2 is 1.76 bits per heavy atom. The minimum Gasteiger partial charge on any atom is -0.381 e. The van der Waals surface area contributed by atoms with Crippen molar-refractivity contribution in [1.82, 2.24) is 4.98 Å². The molecule has 0 fully saturated rings. The van der Waals surface area contributed by atoms with Gasteiger partial charge in [-0.05, 0) is 35.9 Å². The standard InChI is InChI=1S/C16H16N2O2S/c1-21(19,20)14-8-6-13(7-9-14)17-10-12-11-18-16-5-3-2-4-15(12)16/h2-9,11,17-18H,10H2,1H3. The minimum absolute atomic E-state index is 0.333. The average molecular weight is 300 g/mol.